The maximum atomic E-state index is 13.1. The number of hydrogen-bond acceptors (Lipinski definition) is 7. The van der Waals surface area contributed by atoms with Crippen LogP contribution in [-0.4, -0.2) is 81.7 Å². The smallest absolute Gasteiger partial charge is 0.254 e. The summed E-state index contributed by atoms with van der Waals surface area (Å²) in [6.07, 6.45) is 5.02. The van der Waals surface area contributed by atoms with Crippen molar-refractivity contribution in [1.29, 1.82) is 0 Å². The van der Waals surface area contributed by atoms with Crippen molar-refractivity contribution in [2.75, 3.05) is 38.2 Å². The van der Waals surface area contributed by atoms with Crippen LogP contribution in [0, 0.1) is 0 Å². The first-order chi connectivity index (χ1) is 16.5. The summed E-state index contributed by atoms with van der Waals surface area (Å²) in [7, 11) is 0. The molecule has 0 saturated carbocycles. The van der Waals surface area contributed by atoms with Gasteiger partial charge in [-0.25, -0.2) is 9.97 Å². The van der Waals surface area contributed by atoms with E-state index in [2.05, 4.69) is 15.3 Å². The predicted octanol–water partition coefficient (Wildman–Crippen LogP) is 2.33. The van der Waals surface area contributed by atoms with Crippen molar-refractivity contribution in [3.05, 3.63) is 40.5 Å². The van der Waals surface area contributed by atoms with Gasteiger partial charge in [0.1, 0.15) is 6.54 Å². The number of anilines is 1. The lowest BCUT2D eigenvalue weighted by atomic mass is 10.0. The van der Waals surface area contributed by atoms with Gasteiger partial charge in [-0.1, -0.05) is 23.7 Å². The molecule has 1 aromatic carbocycles. The molecule has 1 atom stereocenters. The summed E-state index contributed by atoms with van der Waals surface area (Å²) in [6.45, 7) is 2.39. The molecule has 0 radical (unpaired) electrons. The molecule has 10 heteroatoms. The largest absolute Gasteiger partial charge is 0.394 e. The Kier molecular flexibility index (Phi) is 6.67. The predicted molar refractivity (Wildman–Crippen MR) is 127 cm³/mol. The van der Waals surface area contributed by atoms with E-state index in [9.17, 15) is 14.7 Å². The number of amides is 2. The van der Waals surface area contributed by atoms with Crippen LogP contribution in [0.4, 0.5) is 5.95 Å². The first-order valence-corrected chi connectivity index (χ1v) is 12.1. The third-order valence-corrected chi connectivity index (χ3v) is 7.07. The van der Waals surface area contributed by atoms with E-state index >= 15 is 0 Å². The summed E-state index contributed by atoms with van der Waals surface area (Å²) in [5.41, 5.74) is 2.70. The summed E-state index contributed by atoms with van der Waals surface area (Å²) in [5.74, 6) is 0.186. The summed E-state index contributed by atoms with van der Waals surface area (Å²) < 4.78 is 5.40. The Bertz CT molecular complexity index is 1090. The molecule has 9 nitrogen and oxygen atoms in total. The van der Waals surface area contributed by atoms with E-state index < -0.39 is 0 Å². The van der Waals surface area contributed by atoms with Crippen LogP contribution in [0.1, 0.15) is 41.6 Å². The lowest BCUT2D eigenvalue weighted by Gasteiger charge is -2.25. The van der Waals surface area contributed by atoms with Crippen molar-refractivity contribution >= 4 is 29.4 Å². The quantitative estimate of drug-likeness (QED) is 0.646. The molecular formula is C24H28ClN5O4. The number of carbonyl (C=O) groups is 2. The average Bonchev–Trinajstić information content (AvgIpc) is 3.45. The van der Waals surface area contributed by atoms with Crippen LogP contribution in [0.25, 0.3) is 11.3 Å². The monoisotopic (exact) mass is 485 g/mol. The van der Waals surface area contributed by atoms with E-state index in [1.54, 1.807) is 22.1 Å². The minimum absolute atomic E-state index is 0.00673. The molecule has 34 heavy (non-hydrogen) atoms. The van der Waals surface area contributed by atoms with Gasteiger partial charge in [0.15, 0.2) is 0 Å². The summed E-state index contributed by atoms with van der Waals surface area (Å²) in [4.78, 5) is 38.1. The third-order valence-electron chi connectivity index (χ3n) is 6.80. The standard InChI is InChI=1S/C24H28ClN5O4/c25-20-11-26-24(27-17-5-8-34-9-6-17)28-22(20)15-3-4-16-12-29(23(33)19(16)10-15)13-21(32)30-7-1-2-18(30)14-31/h3-4,10-11,17-18,31H,1-2,5-9,12-14H2,(H,26,27,28)/t18-/m1/s1. The highest BCUT2D eigenvalue weighted by molar-refractivity contribution is 6.33. The van der Waals surface area contributed by atoms with Gasteiger partial charge in [-0.05, 0) is 37.3 Å². The number of benzene rings is 1. The number of nitrogens with one attached hydrogen (secondary N) is 1. The Morgan fingerprint density at radius 3 is 2.88 bits per heavy atom. The summed E-state index contributed by atoms with van der Waals surface area (Å²) >= 11 is 6.42. The fourth-order valence-corrected chi connectivity index (χ4v) is 5.11. The number of fused-ring (bicyclic) bond motifs is 1. The topological polar surface area (TPSA) is 108 Å². The highest BCUT2D eigenvalue weighted by atomic mass is 35.5. The molecule has 2 amide bonds. The number of ether oxygens (including phenoxy) is 1. The van der Waals surface area contributed by atoms with Crippen molar-refractivity contribution in [3.63, 3.8) is 0 Å². The van der Waals surface area contributed by atoms with E-state index in [0.29, 0.717) is 48.5 Å². The van der Waals surface area contributed by atoms with E-state index in [0.717, 1.165) is 36.8 Å². The number of hydrogen-bond donors (Lipinski definition) is 2. The Labute approximate surface area is 203 Å². The minimum atomic E-state index is -0.185. The zero-order valence-corrected chi connectivity index (χ0v) is 19.6. The van der Waals surface area contributed by atoms with Crippen LogP contribution in [0.5, 0.6) is 0 Å². The molecule has 1 aromatic heterocycles. The molecule has 4 heterocycles. The fraction of sp³-hybridized carbons (Fsp3) is 0.500. The summed E-state index contributed by atoms with van der Waals surface area (Å²) in [5, 5.41) is 13.3. The number of halogens is 1. The van der Waals surface area contributed by atoms with E-state index in [4.69, 9.17) is 16.3 Å². The number of likely N-dealkylation sites (tertiary alicyclic amines) is 1. The maximum Gasteiger partial charge on any atom is 0.254 e. The second-order valence-electron chi connectivity index (χ2n) is 9.02. The highest BCUT2D eigenvalue weighted by Crippen LogP contribution is 2.32. The van der Waals surface area contributed by atoms with Crippen molar-refractivity contribution < 1.29 is 19.4 Å². The van der Waals surface area contributed by atoms with Gasteiger partial charge in [0.05, 0.1) is 29.6 Å². The average molecular weight is 486 g/mol. The number of carbonyl (C=O) groups excluding carboxylic acids is 2. The van der Waals surface area contributed by atoms with Gasteiger partial charge in [-0.3, -0.25) is 9.59 Å². The van der Waals surface area contributed by atoms with Crippen molar-refractivity contribution in [3.8, 4) is 11.3 Å². The van der Waals surface area contributed by atoms with Gasteiger partial charge in [0.25, 0.3) is 5.91 Å². The van der Waals surface area contributed by atoms with Crippen molar-refractivity contribution in [1.82, 2.24) is 19.8 Å². The second-order valence-corrected chi connectivity index (χ2v) is 9.43. The SMILES string of the molecule is O=C1c2cc(-c3nc(NC4CCOCC4)ncc3Cl)ccc2CN1CC(=O)N1CCC[C@@H]1CO. The van der Waals surface area contributed by atoms with E-state index in [-0.39, 0.29) is 37.0 Å². The number of rotatable bonds is 6. The van der Waals surface area contributed by atoms with E-state index in [1.807, 2.05) is 12.1 Å². The van der Waals surface area contributed by atoms with Crippen LogP contribution in [0.15, 0.2) is 24.4 Å². The maximum absolute atomic E-state index is 13.1. The molecule has 0 spiro atoms. The zero-order chi connectivity index (χ0) is 23.7. The van der Waals surface area contributed by atoms with Crippen LogP contribution >= 0.6 is 11.6 Å². The Morgan fingerprint density at radius 2 is 2.09 bits per heavy atom. The first kappa shape index (κ1) is 23.0. The Morgan fingerprint density at radius 1 is 1.26 bits per heavy atom. The molecule has 0 aliphatic carbocycles. The number of aromatic nitrogens is 2. The van der Waals surface area contributed by atoms with Crippen molar-refractivity contribution in [2.24, 2.45) is 0 Å². The number of aliphatic hydroxyl groups excluding tert-OH is 1. The van der Waals surface area contributed by atoms with Gasteiger partial charge >= 0.3 is 0 Å². The molecule has 2 fully saturated rings. The fourth-order valence-electron chi connectivity index (χ4n) is 4.91. The lowest BCUT2D eigenvalue weighted by Crippen LogP contribution is -2.44. The molecule has 2 aromatic rings. The van der Waals surface area contributed by atoms with Crippen LogP contribution in [-0.2, 0) is 16.1 Å². The minimum Gasteiger partial charge on any atom is -0.394 e. The molecule has 2 N–H and O–H groups in total. The molecule has 2 saturated heterocycles. The van der Waals surface area contributed by atoms with Crippen LogP contribution in [0.3, 0.4) is 0 Å². The number of aliphatic hydroxyl groups is 1. The van der Waals surface area contributed by atoms with E-state index in [1.165, 1.54) is 0 Å². The van der Waals surface area contributed by atoms with Gasteiger partial charge in [0.2, 0.25) is 11.9 Å². The van der Waals surface area contributed by atoms with Crippen LogP contribution < -0.4 is 5.32 Å². The zero-order valence-electron chi connectivity index (χ0n) is 18.9. The number of nitrogens with zero attached hydrogens (tertiary/aromatic N) is 4. The van der Waals surface area contributed by atoms with Gasteiger partial charge < -0.3 is 25.0 Å². The molecule has 180 valence electrons. The Balaban J connectivity index is 1.32. The molecule has 3 aliphatic heterocycles. The molecule has 0 unspecified atom stereocenters. The Hall–Kier alpha value is -2.75. The van der Waals surface area contributed by atoms with Gasteiger partial charge in [-0.2, -0.15) is 0 Å². The molecular weight excluding hydrogens is 458 g/mol. The summed E-state index contributed by atoms with van der Waals surface area (Å²) in [6, 6.07) is 5.68. The van der Waals surface area contributed by atoms with Crippen LogP contribution in [0.2, 0.25) is 5.02 Å². The highest BCUT2D eigenvalue weighted by Gasteiger charge is 2.34. The first-order valence-electron chi connectivity index (χ1n) is 11.7. The third kappa shape index (κ3) is 4.60. The molecule has 5 rings (SSSR count). The molecule has 0 bridgehead atoms. The van der Waals surface area contributed by atoms with Gasteiger partial charge in [0, 0.05) is 43.5 Å². The second kappa shape index (κ2) is 9.85. The molecule has 3 aliphatic rings. The van der Waals surface area contributed by atoms with Gasteiger partial charge in [-0.15, -0.1) is 0 Å². The van der Waals surface area contributed by atoms with Crippen molar-refractivity contribution in [2.45, 2.75) is 44.3 Å². The lowest BCUT2D eigenvalue weighted by molar-refractivity contribution is -0.133. The normalized spacial score (nSPS) is 20.6.